The molecular formula is C16H27NO. The molecule has 0 amide bonds. The van der Waals surface area contributed by atoms with E-state index in [1.807, 2.05) is 12.1 Å². The first kappa shape index (κ1) is 15.0. The van der Waals surface area contributed by atoms with Crippen LogP contribution in [0.3, 0.4) is 0 Å². The summed E-state index contributed by atoms with van der Waals surface area (Å²) in [6.07, 6.45) is 1.11. The van der Waals surface area contributed by atoms with Crippen LogP contribution < -0.4 is 10.1 Å². The maximum Gasteiger partial charge on any atom is 0.118 e. The van der Waals surface area contributed by atoms with Gasteiger partial charge in [-0.2, -0.15) is 0 Å². The van der Waals surface area contributed by atoms with E-state index in [4.69, 9.17) is 4.74 Å². The topological polar surface area (TPSA) is 21.3 Å². The van der Waals surface area contributed by atoms with Crippen LogP contribution in [0.25, 0.3) is 0 Å². The second-order valence-corrected chi connectivity index (χ2v) is 5.36. The second-order valence-electron chi connectivity index (χ2n) is 5.36. The van der Waals surface area contributed by atoms with Gasteiger partial charge in [0, 0.05) is 6.04 Å². The highest BCUT2D eigenvalue weighted by Gasteiger charge is 2.12. The molecule has 0 radical (unpaired) electrons. The normalized spacial score (nSPS) is 14.6. The summed E-state index contributed by atoms with van der Waals surface area (Å²) < 4.78 is 5.19. The molecule has 1 N–H and O–H groups in total. The van der Waals surface area contributed by atoms with Crippen molar-refractivity contribution in [3.05, 3.63) is 29.8 Å². The minimum absolute atomic E-state index is 0.442. The third kappa shape index (κ3) is 4.34. The van der Waals surface area contributed by atoms with E-state index < -0.39 is 0 Å². The van der Waals surface area contributed by atoms with Gasteiger partial charge in [0.05, 0.1) is 7.11 Å². The molecule has 0 saturated carbocycles. The summed E-state index contributed by atoms with van der Waals surface area (Å²) >= 11 is 0. The predicted octanol–water partition coefficient (Wildman–Crippen LogP) is 4.03. The highest BCUT2D eigenvalue weighted by molar-refractivity contribution is 5.29. The molecule has 1 rings (SSSR count). The summed E-state index contributed by atoms with van der Waals surface area (Å²) in [5.74, 6) is 2.35. The zero-order chi connectivity index (χ0) is 13.5. The lowest BCUT2D eigenvalue weighted by Gasteiger charge is -2.22. The molecule has 0 aliphatic heterocycles. The number of methoxy groups -OCH3 is 1. The number of hydrogen-bond acceptors (Lipinski definition) is 2. The monoisotopic (exact) mass is 249 g/mol. The first-order chi connectivity index (χ1) is 8.58. The number of hydrogen-bond donors (Lipinski definition) is 1. The summed E-state index contributed by atoms with van der Waals surface area (Å²) in [6.45, 7) is 10.2. The molecule has 0 saturated heterocycles. The molecule has 18 heavy (non-hydrogen) atoms. The van der Waals surface area contributed by atoms with E-state index in [2.05, 4.69) is 45.1 Å². The van der Waals surface area contributed by atoms with Gasteiger partial charge in [0.1, 0.15) is 5.75 Å². The zero-order valence-corrected chi connectivity index (χ0v) is 12.4. The van der Waals surface area contributed by atoms with Gasteiger partial charge in [-0.05, 0) is 42.5 Å². The molecule has 0 fully saturated rings. The molecule has 1 aromatic carbocycles. The molecule has 0 aromatic heterocycles. The highest BCUT2D eigenvalue weighted by Crippen LogP contribution is 2.20. The number of benzene rings is 1. The summed E-state index contributed by atoms with van der Waals surface area (Å²) in [5, 5.41) is 3.66. The third-order valence-electron chi connectivity index (χ3n) is 3.75. The Morgan fingerprint density at radius 3 is 2.17 bits per heavy atom. The zero-order valence-electron chi connectivity index (χ0n) is 12.4. The van der Waals surface area contributed by atoms with Gasteiger partial charge >= 0.3 is 0 Å². The van der Waals surface area contributed by atoms with E-state index >= 15 is 0 Å². The molecule has 0 aliphatic rings. The van der Waals surface area contributed by atoms with Gasteiger partial charge in [-0.25, -0.2) is 0 Å². The fourth-order valence-corrected chi connectivity index (χ4v) is 1.90. The molecule has 2 heteroatoms. The average Bonchev–Trinajstić information content (AvgIpc) is 2.39. The molecule has 0 bridgehead atoms. The van der Waals surface area contributed by atoms with Crippen LogP contribution in [-0.2, 0) is 0 Å². The van der Waals surface area contributed by atoms with Gasteiger partial charge in [0.15, 0.2) is 0 Å². The Labute approximate surface area is 112 Å². The molecule has 2 nitrogen and oxygen atoms in total. The van der Waals surface area contributed by atoms with Crippen molar-refractivity contribution >= 4 is 0 Å². The van der Waals surface area contributed by atoms with E-state index in [0.717, 1.165) is 24.6 Å². The average molecular weight is 249 g/mol. The van der Waals surface area contributed by atoms with Gasteiger partial charge in [0.25, 0.3) is 0 Å². The number of nitrogens with one attached hydrogen (secondary N) is 1. The van der Waals surface area contributed by atoms with E-state index in [0.29, 0.717) is 12.0 Å². The van der Waals surface area contributed by atoms with Crippen LogP contribution in [0.1, 0.15) is 45.7 Å². The number of ether oxygens (including phenoxy) is 1. The summed E-state index contributed by atoms with van der Waals surface area (Å²) in [7, 11) is 1.70. The van der Waals surface area contributed by atoms with E-state index in [1.165, 1.54) is 5.56 Å². The minimum Gasteiger partial charge on any atom is -0.497 e. The Balaban J connectivity index is 2.59. The van der Waals surface area contributed by atoms with E-state index in [9.17, 15) is 0 Å². The molecule has 102 valence electrons. The smallest absolute Gasteiger partial charge is 0.118 e. The van der Waals surface area contributed by atoms with Crippen molar-refractivity contribution in [1.82, 2.24) is 5.32 Å². The minimum atomic E-state index is 0.442. The fraction of sp³-hybridized carbons (Fsp3) is 0.625. The van der Waals surface area contributed by atoms with Gasteiger partial charge in [-0.15, -0.1) is 0 Å². The van der Waals surface area contributed by atoms with Crippen LogP contribution in [-0.4, -0.2) is 13.7 Å². The van der Waals surface area contributed by atoms with Crippen LogP contribution >= 0.6 is 0 Å². The van der Waals surface area contributed by atoms with Crippen molar-refractivity contribution in [1.29, 1.82) is 0 Å². The van der Waals surface area contributed by atoms with Crippen molar-refractivity contribution in [3.63, 3.8) is 0 Å². The Hall–Kier alpha value is -1.02. The van der Waals surface area contributed by atoms with Crippen LogP contribution in [0.15, 0.2) is 24.3 Å². The first-order valence-electron chi connectivity index (χ1n) is 6.95. The lowest BCUT2D eigenvalue weighted by atomic mass is 9.97. The highest BCUT2D eigenvalue weighted by atomic mass is 16.5. The van der Waals surface area contributed by atoms with Crippen molar-refractivity contribution in [3.8, 4) is 5.75 Å². The van der Waals surface area contributed by atoms with Gasteiger partial charge in [-0.1, -0.05) is 39.8 Å². The standard InChI is InChI=1S/C16H27NO/c1-6-16(17-11-13(4)12(2)3)14-7-9-15(18-5)10-8-14/h7-10,12-13,16-17H,6,11H2,1-5H3. The number of rotatable bonds is 7. The summed E-state index contributed by atoms with van der Waals surface area (Å²) in [4.78, 5) is 0. The largest absolute Gasteiger partial charge is 0.497 e. The molecule has 0 aliphatic carbocycles. The van der Waals surface area contributed by atoms with Crippen LogP contribution in [0.4, 0.5) is 0 Å². The van der Waals surface area contributed by atoms with Crippen molar-refractivity contribution in [2.45, 2.75) is 40.2 Å². The van der Waals surface area contributed by atoms with Crippen molar-refractivity contribution in [2.24, 2.45) is 11.8 Å². The van der Waals surface area contributed by atoms with E-state index in [-0.39, 0.29) is 0 Å². The summed E-state index contributed by atoms with van der Waals surface area (Å²) in [6, 6.07) is 8.81. The Morgan fingerprint density at radius 2 is 1.72 bits per heavy atom. The van der Waals surface area contributed by atoms with Gasteiger partial charge < -0.3 is 10.1 Å². The fourth-order valence-electron chi connectivity index (χ4n) is 1.90. The lowest BCUT2D eigenvalue weighted by molar-refractivity contribution is 0.365. The first-order valence-corrected chi connectivity index (χ1v) is 6.95. The maximum absolute atomic E-state index is 5.19. The summed E-state index contributed by atoms with van der Waals surface area (Å²) in [5.41, 5.74) is 1.34. The molecule has 2 unspecified atom stereocenters. The lowest BCUT2D eigenvalue weighted by Crippen LogP contribution is -2.28. The third-order valence-corrected chi connectivity index (χ3v) is 3.75. The van der Waals surface area contributed by atoms with E-state index in [1.54, 1.807) is 7.11 Å². The SMILES string of the molecule is CCC(NCC(C)C(C)C)c1ccc(OC)cc1. The maximum atomic E-state index is 5.19. The molecule has 0 heterocycles. The van der Waals surface area contributed by atoms with Crippen LogP contribution in [0, 0.1) is 11.8 Å². The van der Waals surface area contributed by atoms with Crippen LogP contribution in [0.2, 0.25) is 0 Å². The predicted molar refractivity (Wildman–Crippen MR) is 78.0 cm³/mol. The molecular weight excluding hydrogens is 222 g/mol. The molecule has 0 spiro atoms. The Morgan fingerprint density at radius 1 is 1.11 bits per heavy atom. The second kappa shape index (κ2) is 7.42. The van der Waals surface area contributed by atoms with Crippen molar-refractivity contribution < 1.29 is 4.74 Å². The molecule has 1 aromatic rings. The quantitative estimate of drug-likeness (QED) is 0.788. The van der Waals surface area contributed by atoms with Gasteiger partial charge in [-0.3, -0.25) is 0 Å². The Bertz CT molecular complexity index is 331. The Kier molecular flexibility index (Phi) is 6.20. The van der Waals surface area contributed by atoms with Crippen LogP contribution in [0.5, 0.6) is 5.75 Å². The molecule has 2 atom stereocenters. The van der Waals surface area contributed by atoms with Crippen molar-refractivity contribution in [2.75, 3.05) is 13.7 Å². The van der Waals surface area contributed by atoms with Gasteiger partial charge in [0.2, 0.25) is 0 Å².